The molecule has 8 nitrogen and oxygen atoms in total. The lowest BCUT2D eigenvalue weighted by atomic mass is 10.1. The quantitative estimate of drug-likeness (QED) is 0.275. The van der Waals surface area contributed by atoms with E-state index in [0.717, 1.165) is 18.2 Å². The number of carbonyl (C=O) groups excluding carboxylic acids is 2. The van der Waals surface area contributed by atoms with E-state index < -0.39 is 34.9 Å². The molecular weight excluding hydrogens is 357 g/mol. The summed E-state index contributed by atoms with van der Waals surface area (Å²) >= 11 is 0. The maximum Gasteiger partial charge on any atom is 0.349 e. The van der Waals surface area contributed by atoms with Crippen molar-refractivity contribution in [2.24, 2.45) is 0 Å². The Hall–Kier alpha value is -4.06. The van der Waals surface area contributed by atoms with Gasteiger partial charge in [0.2, 0.25) is 5.82 Å². The molecule has 0 bridgehead atoms. The number of benzene rings is 2. The molecule has 0 heterocycles. The normalized spacial score (nSPS) is 10.6. The van der Waals surface area contributed by atoms with E-state index in [-0.39, 0.29) is 11.3 Å². The van der Waals surface area contributed by atoms with Crippen LogP contribution in [-0.4, -0.2) is 23.4 Å². The van der Waals surface area contributed by atoms with Crippen molar-refractivity contribution < 1.29 is 23.6 Å². The molecule has 2 rings (SSSR count). The van der Waals surface area contributed by atoms with Gasteiger partial charge < -0.3 is 10.1 Å². The van der Waals surface area contributed by atoms with Gasteiger partial charge in [-0.1, -0.05) is 30.3 Å². The van der Waals surface area contributed by atoms with Crippen molar-refractivity contribution in [1.82, 2.24) is 0 Å². The third kappa shape index (κ3) is 5.47. The lowest BCUT2D eigenvalue weighted by molar-refractivity contribution is -0.387. The Balaban J connectivity index is 1.98. The summed E-state index contributed by atoms with van der Waals surface area (Å²) in [5.41, 5.74) is -0.535. The zero-order valence-corrected chi connectivity index (χ0v) is 13.7. The summed E-state index contributed by atoms with van der Waals surface area (Å²) in [7, 11) is 0. The van der Waals surface area contributed by atoms with Crippen molar-refractivity contribution in [2.75, 3.05) is 11.9 Å². The van der Waals surface area contributed by atoms with Crippen molar-refractivity contribution in [2.45, 2.75) is 0 Å². The highest BCUT2D eigenvalue weighted by Crippen LogP contribution is 2.21. The molecule has 0 saturated carbocycles. The van der Waals surface area contributed by atoms with Crippen LogP contribution in [0.15, 0.2) is 54.1 Å². The summed E-state index contributed by atoms with van der Waals surface area (Å²) < 4.78 is 18.0. The molecule has 9 heteroatoms. The molecule has 136 valence electrons. The fraction of sp³-hybridized carbons (Fsp3) is 0.0556. The third-order valence-corrected chi connectivity index (χ3v) is 3.21. The summed E-state index contributed by atoms with van der Waals surface area (Å²) in [6.07, 6.45) is 1.31. The molecule has 0 spiro atoms. The Morgan fingerprint density at radius 3 is 2.59 bits per heavy atom. The van der Waals surface area contributed by atoms with Gasteiger partial charge in [-0.3, -0.25) is 14.9 Å². The number of nitrogens with zero attached hydrogens (tertiary/aromatic N) is 2. The zero-order valence-electron chi connectivity index (χ0n) is 13.7. The van der Waals surface area contributed by atoms with Crippen LogP contribution in [0.3, 0.4) is 0 Å². The number of nitro benzene ring substituents is 1. The van der Waals surface area contributed by atoms with E-state index >= 15 is 0 Å². The van der Waals surface area contributed by atoms with Crippen LogP contribution in [0.5, 0.6) is 0 Å². The number of nitro groups is 1. The van der Waals surface area contributed by atoms with Crippen molar-refractivity contribution in [3.05, 3.63) is 75.6 Å². The fourth-order valence-corrected chi connectivity index (χ4v) is 1.99. The maximum atomic E-state index is 13.3. The zero-order chi connectivity index (χ0) is 19.8. The summed E-state index contributed by atoms with van der Waals surface area (Å²) in [6.45, 7) is -0.724. The Labute approximate surface area is 152 Å². The summed E-state index contributed by atoms with van der Waals surface area (Å²) in [4.78, 5) is 33.4. The van der Waals surface area contributed by atoms with E-state index in [9.17, 15) is 24.1 Å². The standard InChI is InChI=1S/C18H12FN3O5/c19-15-7-6-14(9-16(15)22(25)26)21-17(23)11-27-18(24)13(10-20)8-12-4-2-1-3-5-12/h1-9H,11H2,(H,21,23)/b13-8+. The molecular formula is C18H12FN3O5. The first-order valence-electron chi connectivity index (χ1n) is 7.48. The minimum Gasteiger partial charge on any atom is -0.451 e. The second kappa shape index (κ2) is 8.87. The molecule has 0 aliphatic carbocycles. The predicted molar refractivity (Wildman–Crippen MR) is 92.7 cm³/mol. The number of ether oxygens (including phenoxy) is 1. The molecule has 0 unspecified atom stereocenters. The minimum absolute atomic E-state index is 0.0375. The van der Waals surface area contributed by atoms with Gasteiger partial charge in [-0.2, -0.15) is 9.65 Å². The van der Waals surface area contributed by atoms with Gasteiger partial charge in [-0.05, 0) is 23.8 Å². The van der Waals surface area contributed by atoms with E-state index in [1.807, 2.05) is 0 Å². The van der Waals surface area contributed by atoms with Crippen molar-refractivity contribution in [1.29, 1.82) is 5.26 Å². The van der Waals surface area contributed by atoms with Crippen LogP contribution in [0.1, 0.15) is 5.56 Å². The van der Waals surface area contributed by atoms with Crippen LogP contribution >= 0.6 is 0 Å². The summed E-state index contributed by atoms with van der Waals surface area (Å²) in [5.74, 6) is -2.85. The van der Waals surface area contributed by atoms with Gasteiger partial charge in [0.25, 0.3) is 5.91 Å². The van der Waals surface area contributed by atoms with Gasteiger partial charge in [-0.15, -0.1) is 0 Å². The first-order valence-corrected chi connectivity index (χ1v) is 7.48. The highest BCUT2D eigenvalue weighted by atomic mass is 19.1. The van der Waals surface area contributed by atoms with Crippen molar-refractivity contribution >= 4 is 29.3 Å². The second-order valence-corrected chi connectivity index (χ2v) is 5.13. The number of rotatable bonds is 6. The van der Waals surface area contributed by atoms with Crippen molar-refractivity contribution in [3.63, 3.8) is 0 Å². The molecule has 27 heavy (non-hydrogen) atoms. The molecule has 0 aliphatic heterocycles. The number of nitriles is 1. The van der Waals surface area contributed by atoms with Crippen LogP contribution in [0.4, 0.5) is 15.8 Å². The average molecular weight is 369 g/mol. The Morgan fingerprint density at radius 1 is 1.26 bits per heavy atom. The number of amides is 1. The van der Waals surface area contributed by atoms with Gasteiger partial charge in [0, 0.05) is 11.8 Å². The Kier molecular flexibility index (Phi) is 6.33. The van der Waals surface area contributed by atoms with Gasteiger partial charge in [0.05, 0.1) is 4.92 Å². The largest absolute Gasteiger partial charge is 0.451 e. The molecule has 0 saturated heterocycles. The molecule has 1 N–H and O–H groups in total. The number of hydrogen-bond donors (Lipinski definition) is 1. The van der Waals surface area contributed by atoms with Crippen LogP contribution < -0.4 is 5.32 Å². The molecule has 2 aromatic carbocycles. The molecule has 0 fully saturated rings. The smallest absolute Gasteiger partial charge is 0.349 e. The van der Waals surface area contributed by atoms with E-state index in [0.29, 0.717) is 5.56 Å². The number of anilines is 1. The van der Waals surface area contributed by atoms with Crippen molar-refractivity contribution in [3.8, 4) is 6.07 Å². The molecule has 0 radical (unpaired) electrons. The highest BCUT2D eigenvalue weighted by Gasteiger charge is 2.17. The fourth-order valence-electron chi connectivity index (χ4n) is 1.99. The Morgan fingerprint density at radius 2 is 1.96 bits per heavy atom. The van der Waals surface area contributed by atoms with Crippen LogP contribution in [0.2, 0.25) is 0 Å². The second-order valence-electron chi connectivity index (χ2n) is 5.13. The van der Waals surface area contributed by atoms with Crippen LogP contribution in [0, 0.1) is 27.3 Å². The van der Waals surface area contributed by atoms with Crippen LogP contribution in [0.25, 0.3) is 6.08 Å². The molecule has 1 amide bonds. The molecule has 0 atom stereocenters. The number of hydrogen-bond acceptors (Lipinski definition) is 6. The van der Waals surface area contributed by atoms with E-state index in [2.05, 4.69) is 5.32 Å². The number of halogens is 1. The average Bonchev–Trinajstić information content (AvgIpc) is 2.66. The summed E-state index contributed by atoms with van der Waals surface area (Å²) in [6, 6.07) is 13.1. The Bertz CT molecular complexity index is 951. The molecule has 0 aliphatic rings. The van der Waals surface area contributed by atoms with Crippen LogP contribution in [-0.2, 0) is 14.3 Å². The topological polar surface area (TPSA) is 122 Å². The lowest BCUT2D eigenvalue weighted by Gasteiger charge is -2.06. The lowest BCUT2D eigenvalue weighted by Crippen LogP contribution is -2.21. The van der Waals surface area contributed by atoms with E-state index in [1.54, 1.807) is 36.4 Å². The van der Waals surface area contributed by atoms with E-state index in [1.165, 1.54) is 6.08 Å². The SMILES string of the molecule is N#C/C(=C\c1ccccc1)C(=O)OCC(=O)Nc1ccc(F)c([N+](=O)[O-])c1. The highest BCUT2D eigenvalue weighted by molar-refractivity contribution is 6.00. The third-order valence-electron chi connectivity index (χ3n) is 3.21. The minimum atomic E-state index is -1.05. The first-order chi connectivity index (χ1) is 12.9. The summed E-state index contributed by atoms with van der Waals surface area (Å²) in [5, 5.41) is 22.0. The van der Waals surface area contributed by atoms with E-state index in [4.69, 9.17) is 10.00 Å². The van der Waals surface area contributed by atoms with Gasteiger partial charge in [0.1, 0.15) is 11.6 Å². The number of carbonyl (C=O) groups is 2. The van der Waals surface area contributed by atoms with Gasteiger partial charge in [0.15, 0.2) is 6.61 Å². The number of esters is 1. The van der Waals surface area contributed by atoms with Gasteiger partial charge in [-0.25, -0.2) is 4.79 Å². The van der Waals surface area contributed by atoms with Gasteiger partial charge >= 0.3 is 11.7 Å². The maximum absolute atomic E-state index is 13.3. The predicted octanol–water partition coefficient (Wildman–Crippen LogP) is 2.82. The molecule has 2 aromatic rings. The number of nitrogens with one attached hydrogen (secondary N) is 1. The molecule has 0 aromatic heterocycles. The monoisotopic (exact) mass is 369 g/mol. The first kappa shape index (κ1) is 19.3.